The molecule has 2 N–H and O–H groups in total. The van der Waals surface area contributed by atoms with E-state index in [0.717, 1.165) is 14.7 Å². The molecule has 188 valence electrons. The number of halogens is 1. The minimum Gasteiger partial charge on any atom is -0.493 e. The van der Waals surface area contributed by atoms with Gasteiger partial charge in [-0.15, -0.1) is 0 Å². The third-order valence-corrected chi connectivity index (χ3v) is 6.02. The number of benzene rings is 3. The van der Waals surface area contributed by atoms with Crippen LogP contribution in [0.25, 0.3) is 6.08 Å². The fourth-order valence-corrected chi connectivity index (χ4v) is 4.22. The Hall–Kier alpha value is -3.73. The van der Waals surface area contributed by atoms with Gasteiger partial charge in [-0.1, -0.05) is 18.2 Å². The van der Waals surface area contributed by atoms with E-state index in [1.165, 1.54) is 27.4 Å². The second-order valence-electron chi connectivity index (χ2n) is 7.50. The van der Waals surface area contributed by atoms with Gasteiger partial charge < -0.3 is 29.4 Å². The zero-order valence-electron chi connectivity index (χ0n) is 20.3. The van der Waals surface area contributed by atoms with E-state index in [2.05, 4.69) is 22.6 Å². The van der Waals surface area contributed by atoms with E-state index in [-0.39, 0.29) is 12.4 Å². The van der Waals surface area contributed by atoms with Crippen molar-refractivity contribution in [1.29, 1.82) is 0 Å². The van der Waals surface area contributed by atoms with Crippen LogP contribution in [0.1, 0.15) is 31.8 Å². The minimum absolute atomic E-state index is 0.224. The first-order chi connectivity index (χ1) is 17.3. The number of primary amides is 1. The van der Waals surface area contributed by atoms with Crippen LogP contribution in [0.4, 0.5) is 0 Å². The number of carbonyl (C=O) groups excluding carboxylic acids is 2. The van der Waals surface area contributed by atoms with Gasteiger partial charge in [0.1, 0.15) is 6.61 Å². The molecule has 0 aliphatic heterocycles. The van der Waals surface area contributed by atoms with Crippen LogP contribution >= 0.6 is 22.6 Å². The van der Waals surface area contributed by atoms with Gasteiger partial charge in [-0.3, -0.25) is 9.59 Å². The van der Waals surface area contributed by atoms with Crippen LogP contribution in [0.15, 0.2) is 54.6 Å². The molecule has 0 fully saturated rings. The lowest BCUT2D eigenvalue weighted by atomic mass is 10.1. The second-order valence-corrected chi connectivity index (χ2v) is 8.66. The van der Waals surface area contributed by atoms with Crippen molar-refractivity contribution in [1.82, 2.24) is 0 Å². The molecule has 0 heterocycles. The Morgan fingerprint density at radius 1 is 0.833 bits per heavy atom. The summed E-state index contributed by atoms with van der Waals surface area (Å²) in [5.74, 6) is 1.53. The first-order valence-electron chi connectivity index (χ1n) is 10.7. The molecule has 0 aromatic heterocycles. The van der Waals surface area contributed by atoms with Crippen LogP contribution in [0.2, 0.25) is 0 Å². The third-order valence-electron chi connectivity index (χ3n) is 5.22. The van der Waals surface area contributed by atoms with E-state index in [1.807, 2.05) is 12.1 Å². The lowest BCUT2D eigenvalue weighted by Crippen LogP contribution is -2.11. The van der Waals surface area contributed by atoms with Crippen molar-refractivity contribution in [3.8, 4) is 28.7 Å². The summed E-state index contributed by atoms with van der Waals surface area (Å²) in [5.41, 5.74) is 7.70. The predicted octanol–water partition coefficient (Wildman–Crippen LogP) is 4.90. The van der Waals surface area contributed by atoms with Crippen LogP contribution in [-0.4, -0.2) is 40.1 Å². The van der Waals surface area contributed by atoms with Gasteiger partial charge in [-0.05, 0) is 76.2 Å². The van der Waals surface area contributed by atoms with Gasteiger partial charge in [-0.2, -0.15) is 0 Å². The SMILES string of the molecule is COc1cc(/C=C/C(=O)c2cc(OC)c(OC)c(OC)c2)cc(I)c1OCc1cccc(C(N)=O)c1. The van der Waals surface area contributed by atoms with Gasteiger partial charge in [0, 0.05) is 11.1 Å². The van der Waals surface area contributed by atoms with E-state index in [4.69, 9.17) is 29.4 Å². The van der Waals surface area contributed by atoms with Gasteiger partial charge >= 0.3 is 0 Å². The molecule has 8 nitrogen and oxygen atoms in total. The van der Waals surface area contributed by atoms with E-state index in [9.17, 15) is 9.59 Å². The third kappa shape index (κ3) is 6.28. The summed E-state index contributed by atoms with van der Waals surface area (Å²) in [6, 6.07) is 13.8. The highest BCUT2D eigenvalue weighted by atomic mass is 127. The molecule has 3 aromatic rings. The molecular formula is C27H26INO7. The Morgan fingerprint density at radius 2 is 1.47 bits per heavy atom. The Balaban J connectivity index is 1.81. The molecule has 0 bridgehead atoms. The molecule has 9 heteroatoms. The Labute approximate surface area is 223 Å². The van der Waals surface area contributed by atoms with E-state index in [0.29, 0.717) is 39.9 Å². The maximum absolute atomic E-state index is 12.9. The number of carbonyl (C=O) groups is 2. The number of ketones is 1. The van der Waals surface area contributed by atoms with E-state index < -0.39 is 5.91 Å². The Morgan fingerprint density at radius 3 is 2.06 bits per heavy atom. The van der Waals surface area contributed by atoms with Gasteiger partial charge in [0.15, 0.2) is 28.8 Å². The van der Waals surface area contributed by atoms with Gasteiger partial charge in [0.25, 0.3) is 0 Å². The Bertz CT molecular complexity index is 1280. The lowest BCUT2D eigenvalue weighted by Gasteiger charge is -2.14. The topological polar surface area (TPSA) is 106 Å². The van der Waals surface area contributed by atoms with E-state index >= 15 is 0 Å². The van der Waals surface area contributed by atoms with Crippen molar-refractivity contribution < 1.29 is 33.3 Å². The summed E-state index contributed by atoms with van der Waals surface area (Å²) in [7, 11) is 6.03. The maximum atomic E-state index is 12.9. The zero-order chi connectivity index (χ0) is 26.2. The van der Waals surface area contributed by atoms with Gasteiger partial charge in [0.2, 0.25) is 11.7 Å². The second kappa shape index (κ2) is 12.3. The Kier molecular flexibility index (Phi) is 9.18. The molecule has 0 saturated heterocycles. The van der Waals surface area contributed by atoms with Crippen molar-refractivity contribution >= 4 is 40.4 Å². The highest BCUT2D eigenvalue weighted by Crippen LogP contribution is 2.38. The standard InChI is InChI=1S/C27H26INO7/c1-32-22-12-16(8-9-21(30)19-13-23(33-2)26(35-4)24(14-19)34-3)11-20(28)25(22)36-15-17-6-5-7-18(10-17)27(29)31/h5-14H,15H2,1-4H3,(H2,29,31)/b9-8+. The monoisotopic (exact) mass is 603 g/mol. The average Bonchev–Trinajstić information content (AvgIpc) is 2.89. The first-order valence-corrected chi connectivity index (χ1v) is 11.8. The highest BCUT2D eigenvalue weighted by molar-refractivity contribution is 14.1. The molecule has 1 amide bonds. The van der Waals surface area contributed by atoms with E-state index in [1.54, 1.807) is 49.6 Å². The number of nitrogens with two attached hydrogens (primary N) is 1. The molecule has 3 aromatic carbocycles. The van der Waals surface area contributed by atoms with Crippen molar-refractivity contribution in [2.75, 3.05) is 28.4 Å². The number of hydrogen-bond donors (Lipinski definition) is 1. The molecular weight excluding hydrogens is 577 g/mol. The lowest BCUT2D eigenvalue weighted by molar-refractivity contribution is 0.0998. The molecule has 0 atom stereocenters. The van der Waals surface area contributed by atoms with Crippen molar-refractivity contribution in [2.45, 2.75) is 6.61 Å². The summed E-state index contributed by atoms with van der Waals surface area (Å²) in [4.78, 5) is 24.3. The summed E-state index contributed by atoms with van der Waals surface area (Å²) in [6.45, 7) is 0.224. The molecule has 0 saturated carbocycles. The minimum atomic E-state index is -0.499. The number of rotatable bonds is 11. The highest BCUT2D eigenvalue weighted by Gasteiger charge is 2.16. The summed E-state index contributed by atoms with van der Waals surface area (Å²) in [6.07, 6.45) is 3.15. The number of allylic oxidation sites excluding steroid dienone is 1. The largest absolute Gasteiger partial charge is 0.493 e. The molecule has 36 heavy (non-hydrogen) atoms. The number of amides is 1. The van der Waals surface area contributed by atoms with Crippen molar-refractivity contribution in [2.24, 2.45) is 5.73 Å². The fourth-order valence-electron chi connectivity index (χ4n) is 3.44. The quantitative estimate of drug-likeness (QED) is 0.189. The normalized spacial score (nSPS) is 10.7. The smallest absolute Gasteiger partial charge is 0.248 e. The molecule has 0 aliphatic carbocycles. The average molecular weight is 603 g/mol. The van der Waals surface area contributed by atoms with Crippen LogP contribution < -0.4 is 29.4 Å². The predicted molar refractivity (Wildman–Crippen MR) is 144 cm³/mol. The summed E-state index contributed by atoms with van der Waals surface area (Å²) < 4.78 is 28.3. The van der Waals surface area contributed by atoms with Crippen LogP contribution in [0, 0.1) is 3.57 Å². The number of hydrogen-bond acceptors (Lipinski definition) is 7. The number of methoxy groups -OCH3 is 4. The molecule has 0 aliphatic rings. The van der Waals surface area contributed by atoms with Gasteiger partial charge in [-0.25, -0.2) is 0 Å². The summed E-state index contributed by atoms with van der Waals surface area (Å²) >= 11 is 2.15. The first kappa shape index (κ1) is 26.9. The maximum Gasteiger partial charge on any atom is 0.248 e. The van der Waals surface area contributed by atoms with Crippen molar-refractivity contribution in [3.63, 3.8) is 0 Å². The molecule has 0 unspecified atom stereocenters. The zero-order valence-corrected chi connectivity index (χ0v) is 22.5. The number of ether oxygens (including phenoxy) is 5. The van der Waals surface area contributed by atoms with Crippen LogP contribution in [0.3, 0.4) is 0 Å². The van der Waals surface area contributed by atoms with Crippen molar-refractivity contribution in [3.05, 3.63) is 80.4 Å². The molecule has 0 spiro atoms. The fraction of sp³-hybridized carbons (Fsp3) is 0.185. The molecule has 0 radical (unpaired) electrons. The van der Waals surface area contributed by atoms with Crippen LogP contribution in [0.5, 0.6) is 28.7 Å². The molecule has 3 rings (SSSR count). The van der Waals surface area contributed by atoms with Gasteiger partial charge in [0.05, 0.1) is 32.0 Å². The van der Waals surface area contributed by atoms with Crippen LogP contribution in [-0.2, 0) is 6.61 Å². The summed E-state index contributed by atoms with van der Waals surface area (Å²) in [5, 5.41) is 0.